The summed E-state index contributed by atoms with van der Waals surface area (Å²) in [5, 5.41) is 0. The van der Waals surface area contributed by atoms with Gasteiger partial charge in [0, 0.05) is 37.9 Å². The highest BCUT2D eigenvalue weighted by Crippen LogP contribution is 2.26. The van der Waals surface area contributed by atoms with Gasteiger partial charge in [-0.2, -0.15) is 0 Å². The molecule has 1 aliphatic rings. The van der Waals surface area contributed by atoms with Crippen molar-refractivity contribution in [1.82, 2.24) is 9.80 Å². The van der Waals surface area contributed by atoms with Crippen molar-refractivity contribution < 1.29 is 0 Å². The van der Waals surface area contributed by atoms with Gasteiger partial charge in [-0.3, -0.25) is 4.90 Å². The maximum atomic E-state index is 6.00. The monoisotopic (exact) mass is 233 g/mol. The molecule has 3 nitrogen and oxygen atoms in total. The number of nitrogens with zero attached hydrogens (tertiary/aromatic N) is 2. The van der Waals surface area contributed by atoms with Crippen molar-refractivity contribution in [2.24, 2.45) is 0 Å². The molecule has 2 rings (SSSR count). The summed E-state index contributed by atoms with van der Waals surface area (Å²) in [6.07, 6.45) is 0. The Balaban J connectivity index is 1.90. The zero-order valence-corrected chi connectivity index (χ0v) is 11.1. The standard InChI is InChI=1S/C14H23N3/c1-11(2)16(3)7-8-17-9-12-5-4-6-14(15)13(12)10-17/h4-6,11H,7-10,15H2,1-3H3. The molecule has 0 aliphatic carbocycles. The smallest absolute Gasteiger partial charge is 0.0363 e. The molecule has 0 spiro atoms. The zero-order chi connectivity index (χ0) is 12.4. The number of fused-ring (bicyclic) bond motifs is 1. The van der Waals surface area contributed by atoms with Crippen molar-refractivity contribution in [2.75, 3.05) is 25.9 Å². The van der Waals surface area contributed by atoms with Crippen LogP contribution in [0.3, 0.4) is 0 Å². The second kappa shape index (κ2) is 5.07. The van der Waals surface area contributed by atoms with Crippen LogP contribution in [0.15, 0.2) is 18.2 Å². The van der Waals surface area contributed by atoms with Gasteiger partial charge in [-0.1, -0.05) is 12.1 Å². The molecular weight excluding hydrogens is 210 g/mol. The quantitative estimate of drug-likeness (QED) is 0.807. The van der Waals surface area contributed by atoms with Crippen molar-refractivity contribution >= 4 is 5.69 Å². The minimum atomic E-state index is 0.616. The average Bonchev–Trinajstić information content (AvgIpc) is 2.70. The van der Waals surface area contributed by atoms with Crippen molar-refractivity contribution in [2.45, 2.75) is 33.0 Å². The van der Waals surface area contributed by atoms with Crippen LogP contribution in [0.1, 0.15) is 25.0 Å². The third kappa shape index (κ3) is 2.79. The molecule has 0 saturated carbocycles. The lowest BCUT2D eigenvalue weighted by Gasteiger charge is -2.24. The van der Waals surface area contributed by atoms with Crippen LogP contribution in [0.2, 0.25) is 0 Å². The molecule has 1 aliphatic heterocycles. The summed E-state index contributed by atoms with van der Waals surface area (Å²) in [4.78, 5) is 4.85. The molecule has 0 atom stereocenters. The first-order chi connectivity index (χ1) is 8.08. The van der Waals surface area contributed by atoms with Crippen LogP contribution in [-0.2, 0) is 13.1 Å². The average molecular weight is 233 g/mol. The van der Waals surface area contributed by atoms with E-state index in [1.807, 2.05) is 6.07 Å². The van der Waals surface area contributed by atoms with E-state index in [0.29, 0.717) is 6.04 Å². The molecule has 0 aromatic heterocycles. The van der Waals surface area contributed by atoms with Crippen molar-refractivity contribution in [1.29, 1.82) is 0 Å². The van der Waals surface area contributed by atoms with Gasteiger partial charge >= 0.3 is 0 Å². The van der Waals surface area contributed by atoms with Crippen LogP contribution in [0, 0.1) is 0 Å². The minimum Gasteiger partial charge on any atom is -0.398 e. The number of nitrogen functional groups attached to an aromatic ring is 1. The van der Waals surface area contributed by atoms with Gasteiger partial charge in [-0.15, -0.1) is 0 Å². The van der Waals surface area contributed by atoms with Gasteiger partial charge in [0.2, 0.25) is 0 Å². The lowest BCUT2D eigenvalue weighted by atomic mass is 10.1. The lowest BCUT2D eigenvalue weighted by Crippen LogP contribution is -2.34. The molecule has 0 radical (unpaired) electrons. The number of likely N-dealkylation sites (N-methyl/N-ethyl adjacent to an activating group) is 1. The summed E-state index contributed by atoms with van der Waals surface area (Å²) in [6.45, 7) is 8.75. The summed E-state index contributed by atoms with van der Waals surface area (Å²) < 4.78 is 0. The zero-order valence-electron chi connectivity index (χ0n) is 11.1. The Morgan fingerprint density at radius 2 is 2.12 bits per heavy atom. The van der Waals surface area contributed by atoms with Crippen LogP contribution < -0.4 is 5.73 Å². The Morgan fingerprint density at radius 3 is 2.76 bits per heavy atom. The first-order valence-electron chi connectivity index (χ1n) is 6.36. The lowest BCUT2D eigenvalue weighted by molar-refractivity contribution is 0.204. The van der Waals surface area contributed by atoms with Gasteiger partial charge in [0.05, 0.1) is 0 Å². The largest absolute Gasteiger partial charge is 0.398 e. The SMILES string of the molecule is CC(C)N(C)CCN1Cc2cccc(N)c2C1. The highest BCUT2D eigenvalue weighted by molar-refractivity contribution is 5.52. The van der Waals surface area contributed by atoms with Crippen molar-refractivity contribution in [3.05, 3.63) is 29.3 Å². The Labute approximate surface area is 104 Å². The summed E-state index contributed by atoms with van der Waals surface area (Å²) in [5.41, 5.74) is 9.68. The van der Waals surface area contributed by atoms with E-state index in [1.54, 1.807) is 0 Å². The number of benzene rings is 1. The Bertz CT molecular complexity index is 387. The molecule has 2 N–H and O–H groups in total. The van der Waals surface area contributed by atoms with Gasteiger partial charge in [-0.05, 0) is 38.1 Å². The molecule has 1 heterocycles. The predicted molar refractivity (Wildman–Crippen MR) is 72.7 cm³/mol. The van der Waals surface area contributed by atoms with Crippen LogP contribution in [-0.4, -0.2) is 36.0 Å². The van der Waals surface area contributed by atoms with E-state index in [0.717, 1.165) is 31.9 Å². The van der Waals surface area contributed by atoms with Gasteiger partial charge < -0.3 is 10.6 Å². The molecule has 0 saturated heterocycles. The fraction of sp³-hybridized carbons (Fsp3) is 0.571. The Kier molecular flexibility index (Phi) is 3.69. The fourth-order valence-electron chi connectivity index (χ4n) is 2.23. The molecule has 0 unspecified atom stereocenters. The molecule has 94 valence electrons. The van der Waals surface area contributed by atoms with E-state index in [-0.39, 0.29) is 0 Å². The number of hydrogen-bond donors (Lipinski definition) is 1. The van der Waals surface area contributed by atoms with Gasteiger partial charge in [0.15, 0.2) is 0 Å². The Hall–Kier alpha value is -1.06. The van der Waals surface area contributed by atoms with Crippen molar-refractivity contribution in [3.8, 4) is 0 Å². The Morgan fingerprint density at radius 1 is 1.35 bits per heavy atom. The molecule has 1 aromatic rings. The number of nitrogens with two attached hydrogens (primary N) is 1. The van der Waals surface area contributed by atoms with E-state index in [2.05, 4.69) is 42.8 Å². The maximum Gasteiger partial charge on any atom is 0.0363 e. The summed E-state index contributed by atoms with van der Waals surface area (Å²) in [7, 11) is 2.18. The van der Waals surface area contributed by atoms with E-state index in [1.165, 1.54) is 11.1 Å². The van der Waals surface area contributed by atoms with E-state index < -0.39 is 0 Å². The molecule has 1 aromatic carbocycles. The summed E-state index contributed by atoms with van der Waals surface area (Å²) in [6, 6.07) is 6.86. The highest BCUT2D eigenvalue weighted by Gasteiger charge is 2.20. The number of anilines is 1. The van der Waals surface area contributed by atoms with Crippen LogP contribution in [0.4, 0.5) is 5.69 Å². The van der Waals surface area contributed by atoms with E-state index in [9.17, 15) is 0 Å². The molecule has 0 bridgehead atoms. The fourth-order valence-corrected chi connectivity index (χ4v) is 2.23. The first kappa shape index (κ1) is 12.4. The second-order valence-electron chi connectivity index (χ2n) is 5.27. The third-order valence-corrected chi connectivity index (χ3v) is 3.74. The molecule has 0 fully saturated rings. The van der Waals surface area contributed by atoms with Crippen LogP contribution in [0.5, 0.6) is 0 Å². The molecule has 0 amide bonds. The predicted octanol–water partition coefficient (Wildman–Crippen LogP) is 1.92. The van der Waals surface area contributed by atoms with E-state index in [4.69, 9.17) is 5.73 Å². The maximum absolute atomic E-state index is 6.00. The van der Waals surface area contributed by atoms with Crippen LogP contribution in [0.25, 0.3) is 0 Å². The van der Waals surface area contributed by atoms with Gasteiger partial charge in [0.1, 0.15) is 0 Å². The summed E-state index contributed by atoms with van der Waals surface area (Å²) in [5.74, 6) is 0. The van der Waals surface area contributed by atoms with Gasteiger partial charge in [0.25, 0.3) is 0 Å². The third-order valence-electron chi connectivity index (χ3n) is 3.74. The van der Waals surface area contributed by atoms with Crippen LogP contribution >= 0.6 is 0 Å². The topological polar surface area (TPSA) is 32.5 Å². The second-order valence-corrected chi connectivity index (χ2v) is 5.27. The molecule has 3 heteroatoms. The number of rotatable bonds is 4. The first-order valence-corrected chi connectivity index (χ1v) is 6.36. The summed E-state index contributed by atoms with van der Waals surface area (Å²) >= 11 is 0. The van der Waals surface area contributed by atoms with Gasteiger partial charge in [-0.25, -0.2) is 0 Å². The number of hydrogen-bond acceptors (Lipinski definition) is 3. The normalized spacial score (nSPS) is 15.8. The van der Waals surface area contributed by atoms with Crippen molar-refractivity contribution in [3.63, 3.8) is 0 Å². The highest BCUT2D eigenvalue weighted by atomic mass is 15.2. The minimum absolute atomic E-state index is 0.616. The van der Waals surface area contributed by atoms with E-state index >= 15 is 0 Å². The molecular formula is C14H23N3. The molecule has 17 heavy (non-hydrogen) atoms.